The van der Waals surface area contributed by atoms with Gasteiger partial charge in [-0.1, -0.05) is 6.07 Å². The van der Waals surface area contributed by atoms with Gasteiger partial charge in [0.05, 0.1) is 185 Å². The largest absolute Gasteiger partial charge is 0.469 e. The molecule has 5 N–H and O–H groups in total. The molecule has 1 rings (SSSR count). The van der Waals surface area contributed by atoms with Gasteiger partial charge in [-0.3, -0.25) is 24.0 Å². The molecule has 0 fully saturated rings. The number of hydrogen-bond donors (Lipinski definition) is 4. The Morgan fingerprint density at radius 3 is 1.22 bits per heavy atom. The Kier molecular flexibility index (Phi) is 40.0. The maximum absolute atomic E-state index is 12.7. The summed E-state index contributed by atoms with van der Waals surface area (Å²) in [6.07, 6.45) is 0.565. The minimum Gasteiger partial charge on any atom is -0.469 e. The number of ether oxygens (including phenoxy) is 14. The van der Waals surface area contributed by atoms with Crippen molar-refractivity contribution in [2.24, 2.45) is 0 Å². The summed E-state index contributed by atoms with van der Waals surface area (Å²) in [6.45, 7) is 15.2. The highest BCUT2D eigenvalue weighted by molar-refractivity contribution is 5.98. The van der Waals surface area contributed by atoms with Crippen LogP contribution in [0.4, 0.5) is 5.69 Å². The third kappa shape index (κ3) is 41.4. The Hall–Kier alpha value is -4.11. The van der Waals surface area contributed by atoms with Crippen LogP contribution in [0.15, 0.2) is 18.2 Å². The van der Waals surface area contributed by atoms with Crippen LogP contribution in [0, 0.1) is 0 Å². The van der Waals surface area contributed by atoms with Gasteiger partial charge >= 0.3 is 11.9 Å². The van der Waals surface area contributed by atoms with Crippen LogP contribution in [-0.4, -0.2) is 221 Å². The van der Waals surface area contributed by atoms with Gasteiger partial charge in [-0.05, 0) is 44.9 Å². The van der Waals surface area contributed by atoms with Crippen LogP contribution in [0.5, 0.6) is 0 Å². The average molecular weight is 993 g/mol. The molecule has 0 aliphatic carbocycles. The monoisotopic (exact) mass is 993 g/mol. The zero-order chi connectivity index (χ0) is 50.5. The summed E-state index contributed by atoms with van der Waals surface area (Å²) in [4.78, 5) is 60.0. The van der Waals surface area contributed by atoms with Crippen molar-refractivity contribution in [3.63, 3.8) is 0 Å². The number of benzene rings is 1. The molecule has 0 bridgehead atoms. The SMILES string of the molecule is COC(=O)CCc1ccc(N)cc1C(=O)NCC(=O)NCC(=O)NCCOCCOCCOCCOCCOCCOCCOCCOCCOCCOCCOCCOCCC(=O)OC(C)(C)C. The number of methoxy groups -OCH3 is 1. The van der Waals surface area contributed by atoms with Gasteiger partial charge in [-0.15, -0.1) is 0 Å². The van der Waals surface area contributed by atoms with Crippen molar-refractivity contribution in [1.29, 1.82) is 0 Å². The Morgan fingerprint density at radius 1 is 0.464 bits per heavy atom. The van der Waals surface area contributed by atoms with Gasteiger partial charge in [0.1, 0.15) is 5.60 Å². The van der Waals surface area contributed by atoms with Crippen LogP contribution < -0.4 is 21.7 Å². The van der Waals surface area contributed by atoms with Crippen LogP contribution in [0.2, 0.25) is 0 Å². The van der Waals surface area contributed by atoms with Crippen LogP contribution in [0.25, 0.3) is 0 Å². The molecule has 0 radical (unpaired) electrons. The van der Waals surface area contributed by atoms with E-state index in [1.165, 1.54) is 13.2 Å². The molecule has 1 aromatic carbocycles. The molecule has 23 nitrogen and oxygen atoms in total. The minimum atomic E-state index is -0.556. The number of esters is 2. The van der Waals surface area contributed by atoms with E-state index >= 15 is 0 Å². The van der Waals surface area contributed by atoms with E-state index in [0.29, 0.717) is 163 Å². The fourth-order valence-corrected chi connectivity index (χ4v) is 5.25. The van der Waals surface area contributed by atoms with Gasteiger partial charge in [-0.25, -0.2) is 0 Å². The van der Waals surface area contributed by atoms with Crippen LogP contribution in [0.3, 0.4) is 0 Å². The number of carbonyl (C=O) groups excluding carboxylic acids is 5. The number of rotatable bonds is 47. The molecule has 0 aliphatic heterocycles. The summed E-state index contributed by atoms with van der Waals surface area (Å²) in [5, 5.41) is 7.56. The Balaban J connectivity index is 1.75. The standard InChI is InChI=1S/C46H80N4O19/c1-46(2,3)69-44(54)9-11-57-13-15-59-17-19-61-21-23-63-25-27-65-29-31-67-33-34-68-32-30-66-28-26-64-24-22-62-20-18-60-16-14-58-12-10-48-41(51)36-49-42(52)37-50-45(55)40-35-39(47)7-5-38(40)6-8-43(53)56-4/h5,7,35H,6,8-34,36-37,47H2,1-4H3,(H,48,51)(H,49,52)(H,50,55). The van der Waals surface area contributed by atoms with E-state index in [9.17, 15) is 24.0 Å². The second-order valence-corrected chi connectivity index (χ2v) is 15.5. The molecule has 0 saturated heterocycles. The smallest absolute Gasteiger partial charge is 0.308 e. The molecule has 398 valence electrons. The number of nitrogens with two attached hydrogens (primary N) is 1. The normalized spacial score (nSPS) is 11.4. The van der Waals surface area contributed by atoms with Crippen molar-refractivity contribution in [3.05, 3.63) is 29.3 Å². The lowest BCUT2D eigenvalue weighted by Crippen LogP contribution is -2.42. The van der Waals surface area contributed by atoms with E-state index in [4.69, 9.17) is 67.3 Å². The van der Waals surface area contributed by atoms with Crippen molar-refractivity contribution in [2.75, 3.05) is 191 Å². The van der Waals surface area contributed by atoms with Gasteiger partial charge in [0.25, 0.3) is 5.91 Å². The van der Waals surface area contributed by atoms with E-state index in [-0.39, 0.29) is 57.0 Å². The van der Waals surface area contributed by atoms with E-state index in [1.54, 1.807) is 12.1 Å². The number of carbonyl (C=O) groups is 5. The highest BCUT2D eigenvalue weighted by atomic mass is 16.6. The number of anilines is 1. The number of nitrogen functional groups attached to an aromatic ring is 1. The van der Waals surface area contributed by atoms with Gasteiger partial charge < -0.3 is 88.0 Å². The molecule has 3 amide bonds. The molecule has 23 heteroatoms. The topological polar surface area (TPSA) is 277 Å². The van der Waals surface area contributed by atoms with E-state index in [0.717, 1.165) is 0 Å². The first-order valence-electron chi connectivity index (χ1n) is 23.3. The zero-order valence-corrected chi connectivity index (χ0v) is 41.3. The molecular formula is C46H80N4O19. The van der Waals surface area contributed by atoms with Gasteiger partial charge in [0.2, 0.25) is 11.8 Å². The van der Waals surface area contributed by atoms with Gasteiger partial charge in [0.15, 0.2) is 0 Å². The van der Waals surface area contributed by atoms with Crippen LogP contribution in [0.1, 0.15) is 49.5 Å². The van der Waals surface area contributed by atoms with Crippen molar-refractivity contribution in [2.45, 2.75) is 45.6 Å². The number of hydrogen-bond acceptors (Lipinski definition) is 20. The number of aryl methyl sites for hydroxylation is 1. The molecule has 0 spiro atoms. The van der Waals surface area contributed by atoms with Crippen molar-refractivity contribution < 1.29 is 90.3 Å². The lowest BCUT2D eigenvalue weighted by molar-refractivity contribution is -0.156. The fraction of sp³-hybridized carbons (Fsp3) is 0.761. The number of amides is 3. The summed E-state index contributed by atoms with van der Waals surface area (Å²) in [6, 6.07) is 4.73. The first-order valence-corrected chi connectivity index (χ1v) is 23.3. The minimum absolute atomic E-state index is 0.0823. The van der Waals surface area contributed by atoms with Crippen molar-refractivity contribution >= 4 is 35.3 Å². The fourth-order valence-electron chi connectivity index (χ4n) is 5.25. The van der Waals surface area contributed by atoms with E-state index in [2.05, 4.69) is 20.7 Å². The maximum Gasteiger partial charge on any atom is 0.308 e. The molecule has 69 heavy (non-hydrogen) atoms. The predicted octanol–water partition coefficient (Wildman–Crippen LogP) is 0.268. The molecular weight excluding hydrogens is 913 g/mol. The molecule has 1 aromatic rings. The number of nitrogens with one attached hydrogen (secondary N) is 3. The third-order valence-electron chi connectivity index (χ3n) is 8.59. The van der Waals surface area contributed by atoms with Gasteiger partial charge in [-0.2, -0.15) is 0 Å². The van der Waals surface area contributed by atoms with Crippen LogP contribution >= 0.6 is 0 Å². The quantitative estimate of drug-likeness (QED) is 0.0388. The third-order valence-corrected chi connectivity index (χ3v) is 8.59. The Bertz CT molecular complexity index is 1490. The molecule has 0 aliphatic rings. The molecule has 0 saturated carbocycles. The second-order valence-electron chi connectivity index (χ2n) is 15.5. The van der Waals surface area contributed by atoms with Crippen molar-refractivity contribution in [3.8, 4) is 0 Å². The predicted molar refractivity (Wildman–Crippen MR) is 250 cm³/mol. The molecule has 0 atom stereocenters. The van der Waals surface area contributed by atoms with Crippen LogP contribution in [-0.2, 0) is 91.9 Å². The highest BCUT2D eigenvalue weighted by Gasteiger charge is 2.17. The van der Waals surface area contributed by atoms with E-state index < -0.39 is 29.3 Å². The maximum atomic E-state index is 12.7. The summed E-state index contributed by atoms with van der Waals surface area (Å²) in [7, 11) is 1.28. The lowest BCUT2D eigenvalue weighted by atomic mass is 10.0. The zero-order valence-electron chi connectivity index (χ0n) is 41.3. The second kappa shape index (κ2) is 43.9. The lowest BCUT2D eigenvalue weighted by Gasteiger charge is -2.19. The Labute approximate surface area is 406 Å². The van der Waals surface area contributed by atoms with Crippen molar-refractivity contribution in [1.82, 2.24) is 16.0 Å². The molecule has 0 aromatic heterocycles. The summed E-state index contributed by atoms with van der Waals surface area (Å²) in [5.41, 5.74) is 6.51. The molecule has 0 heterocycles. The Morgan fingerprint density at radius 2 is 0.826 bits per heavy atom. The average Bonchev–Trinajstić information content (AvgIpc) is 3.32. The summed E-state index contributed by atoms with van der Waals surface area (Å²) < 4.78 is 75.4. The highest BCUT2D eigenvalue weighted by Crippen LogP contribution is 2.16. The summed E-state index contributed by atoms with van der Waals surface area (Å²) in [5.74, 6) is -2.20. The van der Waals surface area contributed by atoms with Gasteiger partial charge in [0, 0.05) is 24.2 Å². The first kappa shape index (κ1) is 62.9. The first-order chi connectivity index (χ1) is 33.4. The molecule has 0 unspecified atom stereocenters. The van der Waals surface area contributed by atoms with E-state index in [1.807, 2.05) is 20.8 Å². The summed E-state index contributed by atoms with van der Waals surface area (Å²) >= 11 is 0.